The van der Waals surface area contributed by atoms with Gasteiger partial charge in [-0.1, -0.05) is 24.3 Å². The first-order valence-electron chi connectivity index (χ1n) is 10.6. The molecule has 3 rings (SSSR count). The number of aromatic hydroxyl groups is 1. The van der Waals surface area contributed by atoms with Gasteiger partial charge in [0.25, 0.3) is 0 Å². The maximum absolute atomic E-state index is 13.4. The zero-order chi connectivity index (χ0) is 23.6. The van der Waals surface area contributed by atoms with Crippen molar-refractivity contribution in [3.8, 4) is 5.75 Å². The minimum absolute atomic E-state index is 0.164. The molecule has 8 heteroatoms. The number of amides is 3. The van der Waals surface area contributed by atoms with E-state index < -0.39 is 29.9 Å². The summed E-state index contributed by atoms with van der Waals surface area (Å²) in [5, 5.41) is 12.4. The van der Waals surface area contributed by atoms with Gasteiger partial charge in [-0.25, -0.2) is 0 Å². The molecule has 6 N–H and O–H groups in total. The molecule has 0 saturated heterocycles. The number of carbonyl (C=O) groups is 3. The molecule has 170 valence electrons. The second-order valence-corrected chi connectivity index (χ2v) is 8.46. The number of primary amides is 1. The first-order chi connectivity index (χ1) is 15.1. The average molecular weight is 439 g/mol. The number of hydrogen-bond acceptors (Lipinski definition) is 5. The standard InChI is InChI=1S/C24H30N4O4/c1-13-8-18(29)9-14(2)19(13)11-20(25)24(32)28-12-17-7-5-4-6-16(17)10-21(28)23(31)27-15(3)22(26)30/h4-9,15,20-21,29H,10-12,25H2,1-3H3,(H2,26,30)(H,27,31)/t15-,20+,21+/m1/s1. The SMILES string of the molecule is Cc1cc(O)cc(C)c1C[C@H](N)C(=O)N1Cc2ccccc2C[C@H]1C(=O)N[C@H](C)C(N)=O. The fourth-order valence-electron chi connectivity index (χ4n) is 4.18. The highest BCUT2D eigenvalue weighted by Gasteiger charge is 2.37. The number of benzene rings is 2. The van der Waals surface area contributed by atoms with Crippen LogP contribution in [0.3, 0.4) is 0 Å². The first kappa shape index (κ1) is 23.3. The van der Waals surface area contributed by atoms with Crippen LogP contribution in [0, 0.1) is 13.8 Å². The molecule has 0 bridgehead atoms. The Morgan fingerprint density at radius 2 is 1.75 bits per heavy atom. The van der Waals surface area contributed by atoms with Crippen LogP contribution in [-0.2, 0) is 33.8 Å². The van der Waals surface area contributed by atoms with E-state index >= 15 is 0 Å². The fourth-order valence-corrected chi connectivity index (χ4v) is 4.18. The zero-order valence-electron chi connectivity index (χ0n) is 18.6. The van der Waals surface area contributed by atoms with Crippen molar-refractivity contribution in [3.63, 3.8) is 0 Å². The van der Waals surface area contributed by atoms with E-state index in [1.165, 1.54) is 11.8 Å². The summed E-state index contributed by atoms with van der Waals surface area (Å²) in [5.41, 5.74) is 16.1. The highest BCUT2D eigenvalue weighted by molar-refractivity contribution is 5.93. The Morgan fingerprint density at radius 3 is 2.34 bits per heavy atom. The number of hydrogen-bond donors (Lipinski definition) is 4. The number of phenols is 1. The lowest BCUT2D eigenvalue weighted by Crippen LogP contribution is -2.58. The van der Waals surface area contributed by atoms with Gasteiger partial charge in [0.15, 0.2) is 0 Å². The van der Waals surface area contributed by atoms with Gasteiger partial charge in [0.1, 0.15) is 17.8 Å². The van der Waals surface area contributed by atoms with Gasteiger partial charge in [-0.05, 0) is 67.1 Å². The second kappa shape index (κ2) is 9.40. The molecule has 0 aliphatic carbocycles. The monoisotopic (exact) mass is 438 g/mol. The molecule has 2 aromatic rings. The third kappa shape index (κ3) is 4.91. The van der Waals surface area contributed by atoms with Gasteiger partial charge in [0.2, 0.25) is 17.7 Å². The van der Waals surface area contributed by atoms with Crippen LogP contribution < -0.4 is 16.8 Å². The van der Waals surface area contributed by atoms with Crippen molar-refractivity contribution in [3.05, 3.63) is 64.2 Å². The van der Waals surface area contributed by atoms with E-state index in [0.29, 0.717) is 6.42 Å². The van der Waals surface area contributed by atoms with Crippen molar-refractivity contribution >= 4 is 17.7 Å². The molecule has 0 unspecified atom stereocenters. The maximum atomic E-state index is 13.4. The molecule has 1 aliphatic rings. The molecule has 2 aromatic carbocycles. The molecule has 0 aromatic heterocycles. The van der Waals surface area contributed by atoms with E-state index in [0.717, 1.165) is 27.8 Å². The Labute approximate surface area is 187 Å². The Kier molecular flexibility index (Phi) is 6.84. The number of phenolic OH excluding ortho intramolecular Hbond substituents is 1. The first-order valence-corrected chi connectivity index (χ1v) is 10.6. The van der Waals surface area contributed by atoms with E-state index in [2.05, 4.69) is 5.32 Å². The number of nitrogens with two attached hydrogens (primary N) is 2. The molecule has 1 heterocycles. The zero-order valence-corrected chi connectivity index (χ0v) is 18.6. The summed E-state index contributed by atoms with van der Waals surface area (Å²) < 4.78 is 0. The van der Waals surface area contributed by atoms with Gasteiger partial charge >= 0.3 is 0 Å². The van der Waals surface area contributed by atoms with E-state index in [-0.39, 0.29) is 24.6 Å². The van der Waals surface area contributed by atoms with Crippen molar-refractivity contribution in [1.29, 1.82) is 0 Å². The summed E-state index contributed by atoms with van der Waals surface area (Å²) in [4.78, 5) is 39.3. The third-order valence-corrected chi connectivity index (χ3v) is 6.04. The predicted octanol–water partition coefficient (Wildman–Crippen LogP) is 0.822. The lowest BCUT2D eigenvalue weighted by atomic mass is 9.91. The van der Waals surface area contributed by atoms with Crippen molar-refractivity contribution in [2.75, 3.05) is 0 Å². The summed E-state index contributed by atoms with van der Waals surface area (Å²) in [6.45, 7) is 5.47. The summed E-state index contributed by atoms with van der Waals surface area (Å²) in [6, 6.07) is 8.38. The van der Waals surface area contributed by atoms with Crippen LogP contribution in [0.15, 0.2) is 36.4 Å². The van der Waals surface area contributed by atoms with Crippen LogP contribution in [0.25, 0.3) is 0 Å². The molecule has 3 amide bonds. The third-order valence-electron chi connectivity index (χ3n) is 6.04. The molecular formula is C24H30N4O4. The van der Waals surface area contributed by atoms with Crippen molar-refractivity contribution in [2.24, 2.45) is 11.5 Å². The van der Waals surface area contributed by atoms with Gasteiger partial charge in [0.05, 0.1) is 6.04 Å². The fraction of sp³-hybridized carbons (Fsp3) is 0.375. The lowest BCUT2D eigenvalue weighted by Gasteiger charge is -2.37. The Hall–Kier alpha value is -3.39. The van der Waals surface area contributed by atoms with Gasteiger partial charge in [0, 0.05) is 13.0 Å². The molecule has 0 fully saturated rings. The Morgan fingerprint density at radius 1 is 1.16 bits per heavy atom. The van der Waals surface area contributed by atoms with Crippen LogP contribution in [-0.4, -0.2) is 45.9 Å². The lowest BCUT2D eigenvalue weighted by molar-refractivity contribution is -0.143. The minimum atomic E-state index is -0.869. The number of aryl methyl sites for hydroxylation is 2. The number of fused-ring (bicyclic) bond motifs is 1. The van der Waals surface area contributed by atoms with Crippen LogP contribution in [0.1, 0.15) is 34.7 Å². The van der Waals surface area contributed by atoms with E-state index in [4.69, 9.17) is 11.5 Å². The highest BCUT2D eigenvalue weighted by Crippen LogP contribution is 2.26. The Balaban J connectivity index is 1.87. The van der Waals surface area contributed by atoms with Crippen LogP contribution in [0.2, 0.25) is 0 Å². The quantitative estimate of drug-likeness (QED) is 0.529. The van der Waals surface area contributed by atoms with Gasteiger partial charge in [-0.2, -0.15) is 0 Å². The Bertz CT molecular complexity index is 1030. The normalized spacial score (nSPS) is 17.2. The molecule has 1 aliphatic heterocycles. The largest absolute Gasteiger partial charge is 0.508 e. The highest BCUT2D eigenvalue weighted by atomic mass is 16.3. The predicted molar refractivity (Wildman–Crippen MR) is 121 cm³/mol. The summed E-state index contributed by atoms with van der Waals surface area (Å²) in [5.74, 6) is -1.28. The van der Waals surface area contributed by atoms with Gasteiger partial charge in [-0.15, -0.1) is 0 Å². The number of nitrogens with zero attached hydrogens (tertiary/aromatic N) is 1. The van der Waals surface area contributed by atoms with Crippen LogP contribution >= 0.6 is 0 Å². The maximum Gasteiger partial charge on any atom is 0.243 e. The molecular weight excluding hydrogens is 408 g/mol. The summed E-state index contributed by atoms with van der Waals surface area (Å²) >= 11 is 0. The molecule has 0 saturated carbocycles. The molecule has 0 spiro atoms. The second-order valence-electron chi connectivity index (χ2n) is 8.46. The van der Waals surface area contributed by atoms with E-state index in [9.17, 15) is 19.5 Å². The number of rotatable bonds is 6. The van der Waals surface area contributed by atoms with Crippen molar-refractivity contribution in [2.45, 2.75) is 58.3 Å². The number of nitrogens with one attached hydrogen (secondary N) is 1. The molecule has 8 nitrogen and oxygen atoms in total. The molecule has 0 radical (unpaired) electrons. The van der Waals surface area contributed by atoms with Gasteiger partial charge < -0.3 is 26.8 Å². The van der Waals surface area contributed by atoms with E-state index in [1.807, 2.05) is 38.1 Å². The minimum Gasteiger partial charge on any atom is -0.508 e. The van der Waals surface area contributed by atoms with Gasteiger partial charge in [-0.3, -0.25) is 14.4 Å². The van der Waals surface area contributed by atoms with Crippen molar-refractivity contribution in [1.82, 2.24) is 10.2 Å². The number of carbonyl (C=O) groups excluding carboxylic acids is 3. The summed E-state index contributed by atoms with van der Waals surface area (Å²) in [7, 11) is 0. The van der Waals surface area contributed by atoms with Crippen molar-refractivity contribution < 1.29 is 19.5 Å². The summed E-state index contributed by atoms with van der Waals surface area (Å²) in [6.07, 6.45) is 0.601. The molecule has 32 heavy (non-hydrogen) atoms. The smallest absolute Gasteiger partial charge is 0.243 e. The molecule has 3 atom stereocenters. The van der Waals surface area contributed by atoms with E-state index in [1.54, 1.807) is 12.1 Å². The van der Waals surface area contributed by atoms with Crippen LogP contribution in [0.5, 0.6) is 5.75 Å². The van der Waals surface area contributed by atoms with Crippen LogP contribution in [0.4, 0.5) is 0 Å². The average Bonchev–Trinajstić information content (AvgIpc) is 2.74. The topological polar surface area (TPSA) is 139 Å².